The van der Waals surface area contributed by atoms with E-state index in [0.29, 0.717) is 5.92 Å². The van der Waals surface area contributed by atoms with Crippen LogP contribution in [0.5, 0.6) is 0 Å². The molecule has 0 saturated heterocycles. The molecule has 0 aliphatic carbocycles. The van der Waals surface area contributed by atoms with Gasteiger partial charge in [0, 0.05) is 41.8 Å². The third kappa shape index (κ3) is 5.50. The minimum atomic E-state index is 0.125. The Kier molecular flexibility index (Phi) is 5.15. The van der Waals surface area contributed by atoms with Crippen molar-refractivity contribution in [1.82, 2.24) is 10.3 Å². The van der Waals surface area contributed by atoms with Crippen LogP contribution < -0.4 is 10.6 Å². The topological polar surface area (TPSA) is 37.0 Å². The molecule has 0 amide bonds. The predicted molar refractivity (Wildman–Crippen MR) is 78.9 cm³/mol. The highest BCUT2D eigenvalue weighted by Crippen LogP contribution is 2.17. The van der Waals surface area contributed by atoms with Crippen LogP contribution in [0.25, 0.3) is 0 Å². The molecule has 3 nitrogen and oxygen atoms in total. The molecule has 1 rings (SSSR count). The number of nitrogens with one attached hydrogen (secondary N) is 2. The van der Waals surface area contributed by atoms with Crippen LogP contribution in [0.15, 0.2) is 12.3 Å². The summed E-state index contributed by atoms with van der Waals surface area (Å²) in [7, 11) is 0. The number of hydrogen-bond donors (Lipinski definition) is 2. The zero-order chi connectivity index (χ0) is 13.8. The van der Waals surface area contributed by atoms with E-state index in [1.165, 1.54) is 11.3 Å². The lowest BCUT2D eigenvalue weighted by Crippen LogP contribution is -2.35. The van der Waals surface area contributed by atoms with Crippen LogP contribution in [0.1, 0.15) is 45.9 Å². The summed E-state index contributed by atoms with van der Waals surface area (Å²) in [6, 6.07) is 2.13. The number of aryl methyl sites for hydroxylation is 1. The Labute approximate surface area is 111 Å². The number of pyridine rings is 1. The highest BCUT2D eigenvalue weighted by Gasteiger charge is 2.11. The molecule has 2 N–H and O–H groups in total. The molecule has 1 aromatic heterocycles. The molecular formula is C15H27N3. The van der Waals surface area contributed by atoms with Crippen molar-refractivity contribution in [2.45, 2.75) is 53.6 Å². The average molecular weight is 249 g/mol. The van der Waals surface area contributed by atoms with E-state index in [2.05, 4.69) is 56.3 Å². The summed E-state index contributed by atoms with van der Waals surface area (Å²) >= 11 is 0. The average Bonchev–Trinajstić information content (AvgIpc) is 2.23. The van der Waals surface area contributed by atoms with Crippen molar-refractivity contribution in [2.24, 2.45) is 5.92 Å². The van der Waals surface area contributed by atoms with Gasteiger partial charge in [0.2, 0.25) is 0 Å². The number of aromatic nitrogens is 1. The Bertz CT molecular complexity index is 378. The van der Waals surface area contributed by atoms with Crippen molar-refractivity contribution in [3.8, 4) is 0 Å². The molecule has 0 atom stereocenters. The first-order valence-electron chi connectivity index (χ1n) is 6.72. The fourth-order valence-electron chi connectivity index (χ4n) is 1.57. The van der Waals surface area contributed by atoms with Crippen LogP contribution in [0.4, 0.5) is 5.69 Å². The zero-order valence-corrected chi connectivity index (χ0v) is 12.6. The normalized spacial score (nSPS) is 11.9. The van der Waals surface area contributed by atoms with Crippen LogP contribution in [0, 0.1) is 12.8 Å². The Morgan fingerprint density at radius 3 is 2.50 bits per heavy atom. The molecule has 3 heteroatoms. The molecule has 18 heavy (non-hydrogen) atoms. The maximum absolute atomic E-state index is 4.39. The molecule has 0 bridgehead atoms. The van der Waals surface area contributed by atoms with Crippen LogP contribution in [0.3, 0.4) is 0 Å². The van der Waals surface area contributed by atoms with Gasteiger partial charge in [0.25, 0.3) is 0 Å². The van der Waals surface area contributed by atoms with Gasteiger partial charge < -0.3 is 10.6 Å². The summed E-state index contributed by atoms with van der Waals surface area (Å²) in [4.78, 5) is 4.39. The first-order valence-corrected chi connectivity index (χ1v) is 6.72. The molecule has 0 spiro atoms. The lowest BCUT2D eigenvalue weighted by Gasteiger charge is -2.22. The molecule has 0 fully saturated rings. The Morgan fingerprint density at radius 2 is 1.94 bits per heavy atom. The lowest BCUT2D eigenvalue weighted by atomic mass is 10.1. The third-order valence-corrected chi connectivity index (χ3v) is 2.63. The maximum Gasteiger partial charge on any atom is 0.0419 e. The quantitative estimate of drug-likeness (QED) is 0.840. The third-order valence-electron chi connectivity index (χ3n) is 2.63. The van der Waals surface area contributed by atoms with Gasteiger partial charge in [0.1, 0.15) is 0 Å². The second-order valence-corrected chi connectivity index (χ2v) is 6.36. The molecule has 0 unspecified atom stereocenters. The highest BCUT2D eigenvalue weighted by atomic mass is 15.0. The SMILES string of the molecule is Cc1cc(NCC(C)C)c(CNC(C)(C)C)cn1. The molecule has 1 aromatic rings. The zero-order valence-electron chi connectivity index (χ0n) is 12.6. The molecule has 102 valence electrons. The molecule has 1 heterocycles. The van der Waals surface area contributed by atoms with E-state index >= 15 is 0 Å². The van der Waals surface area contributed by atoms with Crippen molar-refractivity contribution < 1.29 is 0 Å². The van der Waals surface area contributed by atoms with Crippen molar-refractivity contribution in [1.29, 1.82) is 0 Å². The standard InChI is InChI=1S/C15H27N3/c1-11(2)8-17-14-7-12(3)16-9-13(14)10-18-15(4,5)6/h7,9,11,18H,8,10H2,1-6H3,(H,16,17). The smallest absolute Gasteiger partial charge is 0.0419 e. The van der Waals surface area contributed by atoms with E-state index in [9.17, 15) is 0 Å². The second kappa shape index (κ2) is 6.19. The fourth-order valence-corrected chi connectivity index (χ4v) is 1.57. The summed E-state index contributed by atoms with van der Waals surface area (Å²) in [5, 5.41) is 7.02. The molecule has 0 aliphatic heterocycles. The molecule has 0 saturated carbocycles. The van der Waals surface area contributed by atoms with Gasteiger partial charge in [0.15, 0.2) is 0 Å². The molecule has 0 aromatic carbocycles. The van der Waals surface area contributed by atoms with E-state index in [0.717, 1.165) is 18.8 Å². The van der Waals surface area contributed by atoms with Crippen molar-refractivity contribution in [2.75, 3.05) is 11.9 Å². The van der Waals surface area contributed by atoms with Gasteiger partial charge in [-0.05, 0) is 39.7 Å². The number of rotatable bonds is 5. The van der Waals surface area contributed by atoms with Gasteiger partial charge in [-0.3, -0.25) is 4.98 Å². The number of hydrogen-bond acceptors (Lipinski definition) is 3. The lowest BCUT2D eigenvalue weighted by molar-refractivity contribution is 0.424. The van der Waals surface area contributed by atoms with Gasteiger partial charge in [-0.15, -0.1) is 0 Å². The maximum atomic E-state index is 4.39. The second-order valence-electron chi connectivity index (χ2n) is 6.36. The van der Waals surface area contributed by atoms with Crippen LogP contribution in [-0.2, 0) is 6.54 Å². The van der Waals surface area contributed by atoms with E-state index in [1.54, 1.807) is 0 Å². The molecule has 0 radical (unpaired) electrons. The minimum absolute atomic E-state index is 0.125. The van der Waals surface area contributed by atoms with Gasteiger partial charge in [0.05, 0.1) is 0 Å². The van der Waals surface area contributed by atoms with Crippen molar-refractivity contribution in [3.63, 3.8) is 0 Å². The van der Waals surface area contributed by atoms with E-state index in [1.807, 2.05) is 13.1 Å². The Balaban J connectivity index is 2.76. The molecule has 0 aliphatic rings. The summed E-state index contributed by atoms with van der Waals surface area (Å²) < 4.78 is 0. The van der Waals surface area contributed by atoms with Gasteiger partial charge in [-0.1, -0.05) is 13.8 Å². The first-order chi connectivity index (χ1) is 8.28. The van der Waals surface area contributed by atoms with Crippen LogP contribution in [-0.4, -0.2) is 17.1 Å². The van der Waals surface area contributed by atoms with Gasteiger partial charge in [-0.25, -0.2) is 0 Å². The monoisotopic (exact) mass is 249 g/mol. The van der Waals surface area contributed by atoms with E-state index in [-0.39, 0.29) is 5.54 Å². The number of anilines is 1. The molecular weight excluding hydrogens is 222 g/mol. The predicted octanol–water partition coefficient (Wildman–Crippen LogP) is 3.35. The summed E-state index contributed by atoms with van der Waals surface area (Å²) in [6.07, 6.45) is 1.97. The van der Waals surface area contributed by atoms with Crippen molar-refractivity contribution >= 4 is 5.69 Å². The minimum Gasteiger partial charge on any atom is -0.384 e. The van der Waals surface area contributed by atoms with E-state index < -0.39 is 0 Å². The van der Waals surface area contributed by atoms with Crippen LogP contribution >= 0.6 is 0 Å². The summed E-state index contributed by atoms with van der Waals surface area (Å²) in [5.74, 6) is 0.641. The van der Waals surface area contributed by atoms with Gasteiger partial charge >= 0.3 is 0 Å². The number of nitrogens with zero attached hydrogens (tertiary/aromatic N) is 1. The van der Waals surface area contributed by atoms with Crippen molar-refractivity contribution in [3.05, 3.63) is 23.5 Å². The summed E-state index contributed by atoms with van der Waals surface area (Å²) in [5.41, 5.74) is 3.62. The van der Waals surface area contributed by atoms with Crippen LogP contribution in [0.2, 0.25) is 0 Å². The fraction of sp³-hybridized carbons (Fsp3) is 0.667. The Morgan fingerprint density at radius 1 is 1.28 bits per heavy atom. The van der Waals surface area contributed by atoms with Gasteiger partial charge in [-0.2, -0.15) is 0 Å². The largest absolute Gasteiger partial charge is 0.384 e. The summed E-state index contributed by atoms with van der Waals surface area (Å²) in [6.45, 7) is 14.8. The highest BCUT2D eigenvalue weighted by molar-refractivity contribution is 5.51. The van der Waals surface area contributed by atoms with E-state index in [4.69, 9.17) is 0 Å². The Hall–Kier alpha value is -1.09. The first kappa shape index (κ1) is 15.0.